The summed E-state index contributed by atoms with van der Waals surface area (Å²) in [5, 5.41) is 4.06. The van der Waals surface area contributed by atoms with Crippen LogP contribution in [-0.4, -0.2) is 34.2 Å². The van der Waals surface area contributed by atoms with Crippen LogP contribution in [0.5, 0.6) is 0 Å². The summed E-state index contributed by atoms with van der Waals surface area (Å²) in [5.74, 6) is 0.842. The van der Waals surface area contributed by atoms with Crippen LogP contribution in [0.1, 0.15) is 44.7 Å². The fourth-order valence-corrected chi connectivity index (χ4v) is 3.21. The van der Waals surface area contributed by atoms with Crippen molar-refractivity contribution in [2.24, 2.45) is 11.1 Å². The first kappa shape index (κ1) is 19.8. The first-order valence-electron chi connectivity index (χ1n) is 8.38. The Kier molecular flexibility index (Phi) is 5.86. The molecule has 1 aromatic carbocycles. The van der Waals surface area contributed by atoms with Gasteiger partial charge in [0.25, 0.3) is 0 Å². The number of nitrogens with two attached hydrogens (primary N) is 1. The summed E-state index contributed by atoms with van der Waals surface area (Å²) < 4.78 is 18.9. The summed E-state index contributed by atoms with van der Waals surface area (Å²) in [6.45, 7) is 9.98. The lowest BCUT2D eigenvalue weighted by atomic mass is 9.79. The predicted octanol–water partition coefficient (Wildman–Crippen LogP) is 3.73. The van der Waals surface area contributed by atoms with Gasteiger partial charge in [-0.05, 0) is 49.4 Å². The van der Waals surface area contributed by atoms with Gasteiger partial charge in [0, 0.05) is 24.7 Å². The number of likely N-dealkylation sites (tertiary alicyclic amines) is 1. The number of nitrogens with zero attached hydrogens (tertiary/aromatic N) is 3. The number of aromatic nitrogens is 2. The zero-order valence-electron chi connectivity index (χ0n) is 15.1. The van der Waals surface area contributed by atoms with Gasteiger partial charge in [-0.1, -0.05) is 19.0 Å². The molecule has 0 radical (unpaired) electrons. The molecule has 0 aliphatic carbocycles. The van der Waals surface area contributed by atoms with Gasteiger partial charge >= 0.3 is 0 Å². The minimum atomic E-state index is -0.234. The molecule has 25 heavy (non-hydrogen) atoms. The SMILES string of the molecule is Cc1cc(-c2noc(C(C)N3CCC(N)C(C)(C)C3)n2)ccc1F.Cl. The highest BCUT2D eigenvalue weighted by Crippen LogP contribution is 2.33. The van der Waals surface area contributed by atoms with Crippen LogP contribution >= 0.6 is 12.4 Å². The van der Waals surface area contributed by atoms with E-state index in [-0.39, 0.29) is 35.7 Å². The fourth-order valence-electron chi connectivity index (χ4n) is 3.21. The van der Waals surface area contributed by atoms with Crippen LogP contribution in [0, 0.1) is 18.2 Å². The molecule has 5 nitrogen and oxygen atoms in total. The van der Waals surface area contributed by atoms with E-state index in [1.807, 2.05) is 0 Å². The van der Waals surface area contributed by atoms with Crippen molar-refractivity contribution in [1.82, 2.24) is 15.0 Å². The van der Waals surface area contributed by atoms with Gasteiger partial charge in [0.15, 0.2) is 0 Å². The molecule has 0 spiro atoms. The lowest BCUT2D eigenvalue weighted by Gasteiger charge is -2.44. The van der Waals surface area contributed by atoms with E-state index >= 15 is 0 Å². The first-order chi connectivity index (χ1) is 11.3. The quantitative estimate of drug-likeness (QED) is 0.894. The average molecular weight is 369 g/mol. The Bertz CT molecular complexity index is 734. The fraction of sp³-hybridized carbons (Fsp3) is 0.556. The number of benzene rings is 1. The summed E-state index contributed by atoms with van der Waals surface area (Å²) in [6.07, 6.45) is 0.954. The normalized spacial score (nSPS) is 21.6. The minimum Gasteiger partial charge on any atom is -0.337 e. The van der Waals surface area contributed by atoms with E-state index in [0.717, 1.165) is 25.1 Å². The van der Waals surface area contributed by atoms with Gasteiger partial charge in [-0.15, -0.1) is 12.4 Å². The second-order valence-electron chi connectivity index (χ2n) is 7.45. The van der Waals surface area contributed by atoms with Crippen molar-refractivity contribution < 1.29 is 8.91 Å². The maximum Gasteiger partial charge on any atom is 0.244 e. The molecule has 1 aliphatic rings. The smallest absolute Gasteiger partial charge is 0.244 e. The van der Waals surface area contributed by atoms with E-state index in [2.05, 4.69) is 35.8 Å². The van der Waals surface area contributed by atoms with E-state index in [0.29, 0.717) is 17.3 Å². The molecule has 2 unspecified atom stereocenters. The molecule has 2 N–H and O–H groups in total. The van der Waals surface area contributed by atoms with Crippen LogP contribution in [0.4, 0.5) is 4.39 Å². The van der Waals surface area contributed by atoms with Crippen molar-refractivity contribution in [3.63, 3.8) is 0 Å². The second kappa shape index (κ2) is 7.40. The maximum atomic E-state index is 13.4. The molecule has 1 aliphatic heterocycles. The largest absolute Gasteiger partial charge is 0.337 e. The van der Waals surface area contributed by atoms with Gasteiger partial charge in [0.2, 0.25) is 11.7 Å². The van der Waals surface area contributed by atoms with Crippen molar-refractivity contribution in [2.75, 3.05) is 13.1 Å². The van der Waals surface area contributed by atoms with Crippen molar-refractivity contribution in [1.29, 1.82) is 0 Å². The summed E-state index contributed by atoms with van der Waals surface area (Å²) in [7, 11) is 0. The van der Waals surface area contributed by atoms with Crippen molar-refractivity contribution in [2.45, 2.75) is 46.2 Å². The highest BCUT2D eigenvalue weighted by atomic mass is 35.5. The third-order valence-electron chi connectivity index (χ3n) is 5.10. The van der Waals surface area contributed by atoms with Crippen LogP contribution < -0.4 is 5.73 Å². The van der Waals surface area contributed by atoms with Crippen molar-refractivity contribution >= 4 is 12.4 Å². The standard InChI is InChI=1S/C18H25FN4O.ClH/c1-11-9-13(5-6-14(11)19)16-21-17(24-22-16)12(2)23-8-7-15(20)18(3,4)10-23;/h5-6,9,12,15H,7-8,10,20H2,1-4H3;1H. The van der Waals surface area contributed by atoms with E-state index in [1.54, 1.807) is 19.1 Å². The monoisotopic (exact) mass is 368 g/mol. The number of hydrogen-bond acceptors (Lipinski definition) is 5. The molecule has 3 rings (SSSR count). The highest BCUT2D eigenvalue weighted by Gasteiger charge is 2.36. The third kappa shape index (κ3) is 4.02. The van der Waals surface area contributed by atoms with Gasteiger partial charge in [0.1, 0.15) is 5.82 Å². The molecule has 0 bridgehead atoms. The minimum absolute atomic E-state index is 0. The van der Waals surface area contributed by atoms with Crippen molar-refractivity contribution in [3.8, 4) is 11.4 Å². The summed E-state index contributed by atoms with van der Waals surface area (Å²) in [6, 6.07) is 5.07. The Labute approximate surface area is 154 Å². The summed E-state index contributed by atoms with van der Waals surface area (Å²) in [5.41, 5.74) is 7.60. The maximum absolute atomic E-state index is 13.4. The molecule has 138 valence electrons. The molecular weight excluding hydrogens is 343 g/mol. The molecule has 1 fully saturated rings. The lowest BCUT2D eigenvalue weighted by Crippen LogP contribution is -2.52. The number of aryl methyl sites for hydroxylation is 1. The van der Waals surface area contributed by atoms with Gasteiger partial charge in [-0.3, -0.25) is 4.90 Å². The Morgan fingerprint density at radius 2 is 2.12 bits per heavy atom. The lowest BCUT2D eigenvalue weighted by molar-refractivity contribution is 0.0549. The molecule has 0 saturated carbocycles. The zero-order chi connectivity index (χ0) is 17.5. The summed E-state index contributed by atoms with van der Waals surface area (Å²) in [4.78, 5) is 6.85. The third-order valence-corrected chi connectivity index (χ3v) is 5.10. The molecule has 1 saturated heterocycles. The van der Waals surface area contributed by atoms with Crippen LogP contribution in [0.3, 0.4) is 0 Å². The number of halogens is 2. The van der Waals surface area contributed by atoms with Crippen LogP contribution in [0.2, 0.25) is 0 Å². The van der Waals surface area contributed by atoms with Crippen molar-refractivity contribution in [3.05, 3.63) is 35.5 Å². The summed E-state index contributed by atoms with van der Waals surface area (Å²) >= 11 is 0. The Morgan fingerprint density at radius 3 is 2.76 bits per heavy atom. The Morgan fingerprint density at radius 1 is 1.40 bits per heavy atom. The van der Waals surface area contributed by atoms with Gasteiger partial charge in [-0.2, -0.15) is 4.98 Å². The van der Waals surface area contributed by atoms with Gasteiger partial charge in [0.05, 0.1) is 6.04 Å². The average Bonchev–Trinajstić information content (AvgIpc) is 3.02. The number of piperidine rings is 1. The van der Waals surface area contributed by atoms with Gasteiger partial charge < -0.3 is 10.3 Å². The molecule has 2 heterocycles. The van der Waals surface area contributed by atoms with E-state index < -0.39 is 0 Å². The second-order valence-corrected chi connectivity index (χ2v) is 7.45. The van der Waals surface area contributed by atoms with Crippen LogP contribution in [0.15, 0.2) is 22.7 Å². The highest BCUT2D eigenvalue weighted by molar-refractivity contribution is 5.85. The Balaban J connectivity index is 0.00000225. The molecule has 2 atom stereocenters. The number of hydrogen-bond donors (Lipinski definition) is 1. The predicted molar refractivity (Wildman–Crippen MR) is 98.0 cm³/mol. The first-order valence-corrected chi connectivity index (χ1v) is 8.38. The topological polar surface area (TPSA) is 68.2 Å². The molecule has 7 heteroatoms. The van der Waals surface area contributed by atoms with E-state index in [9.17, 15) is 4.39 Å². The van der Waals surface area contributed by atoms with Crippen LogP contribution in [-0.2, 0) is 0 Å². The number of rotatable bonds is 3. The van der Waals surface area contributed by atoms with Crippen LogP contribution in [0.25, 0.3) is 11.4 Å². The molecule has 2 aromatic rings. The van der Waals surface area contributed by atoms with E-state index in [1.165, 1.54) is 6.07 Å². The Hall–Kier alpha value is -1.50. The van der Waals surface area contributed by atoms with Gasteiger partial charge in [-0.25, -0.2) is 4.39 Å². The molecule has 1 aromatic heterocycles. The molecular formula is C18H26ClFN4O. The van der Waals surface area contributed by atoms with E-state index in [4.69, 9.17) is 10.3 Å². The molecule has 0 amide bonds. The zero-order valence-corrected chi connectivity index (χ0v) is 15.9.